The van der Waals surface area contributed by atoms with Crippen molar-refractivity contribution in [1.29, 1.82) is 0 Å². The van der Waals surface area contributed by atoms with Gasteiger partial charge in [-0.25, -0.2) is 9.48 Å². The van der Waals surface area contributed by atoms with Crippen molar-refractivity contribution in [3.8, 4) is 5.69 Å². The third-order valence-corrected chi connectivity index (χ3v) is 3.19. The lowest BCUT2D eigenvalue weighted by Gasteiger charge is -2.11. The van der Waals surface area contributed by atoms with E-state index < -0.39 is 5.97 Å². The molecule has 2 aromatic rings. The Bertz CT molecular complexity index is 650. The van der Waals surface area contributed by atoms with Crippen molar-refractivity contribution in [3.05, 3.63) is 40.2 Å². The predicted molar refractivity (Wildman–Crippen MR) is 76.6 cm³/mol. The summed E-state index contributed by atoms with van der Waals surface area (Å²) < 4.78 is 1.59. The number of carboxylic acids is 1. The van der Waals surface area contributed by atoms with Crippen molar-refractivity contribution in [2.24, 2.45) is 5.92 Å². The zero-order valence-electron chi connectivity index (χ0n) is 11.6. The molecule has 0 aliphatic rings. The van der Waals surface area contributed by atoms with E-state index in [0.29, 0.717) is 23.1 Å². The molecule has 0 amide bonds. The first-order valence-electron chi connectivity index (χ1n) is 6.34. The van der Waals surface area contributed by atoms with Crippen LogP contribution in [0.3, 0.4) is 0 Å². The van der Waals surface area contributed by atoms with Gasteiger partial charge < -0.3 is 5.11 Å². The second-order valence-electron chi connectivity index (χ2n) is 5.13. The van der Waals surface area contributed by atoms with Crippen molar-refractivity contribution >= 4 is 17.6 Å². The highest BCUT2D eigenvalue weighted by Gasteiger charge is 2.21. The largest absolute Gasteiger partial charge is 0.476 e. The maximum atomic E-state index is 11.2. The van der Waals surface area contributed by atoms with Crippen molar-refractivity contribution in [3.63, 3.8) is 0 Å². The van der Waals surface area contributed by atoms with Gasteiger partial charge in [0, 0.05) is 5.02 Å². The van der Waals surface area contributed by atoms with Crippen molar-refractivity contribution < 1.29 is 9.90 Å². The summed E-state index contributed by atoms with van der Waals surface area (Å²) in [6, 6.07) is 5.39. The van der Waals surface area contributed by atoms with E-state index >= 15 is 0 Å². The SMILES string of the molecule is Cc1cc(Cl)ccc1-n1nnc(C(=O)O)c1CC(C)C. The molecule has 1 N–H and O–H groups in total. The minimum absolute atomic E-state index is 0.00745. The highest BCUT2D eigenvalue weighted by atomic mass is 35.5. The maximum Gasteiger partial charge on any atom is 0.358 e. The van der Waals surface area contributed by atoms with Crippen LogP contribution in [0.4, 0.5) is 0 Å². The topological polar surface area (TPSA) is 68.0 Å². The number of carbonyl (C=O) groups is 1. The summed E-state index contributed by atoms with van der Waals surface area (Å²) in [5, 5.41) is 17.6. The molecule has 1 heterocycles. The zero-order valence-corrected chi connectivity index (χ0v) is 12.3. The van der Waals surface area contributed by atoms with E-state index in [1.54, 1.807) is 10.7 Å². The molecule has 20 heavy (non-hydrogen) atoms. The van der Waals surface area contributed by atoms with Crippen molar-refractivity contribution in [1.82, 2.24) is 15.0 Å². The number of aromatic carboxylic acids is 1. The van der Waals surface area contributed by atoms with E-state index in [1.807, 2.05) is 32.9 Å². The molecule has 0 saturated heterocycles. The lowest BCUT2D eigenvalue weighted by atomic mass is 10.1. The highest BCUT2D eigenvalue weighted by molar-refractivity contribution is 6.30. The molecule has 1 aromatic carbocycles. The molecule has 0 radical (unpaired) electrons. The fourth-order valence-corrected chi connectivity index (χ4v) is 2.31. The first-order valence-corrected chi connectivity index (χ1v) is 6.72. The van der Waals surface area contributed by atoms with Gasteiger partial charge >= 0.3 is 5.97 Å². The molecule has 0 aliphatic carbocycles. The molecule has 0 saturated carbocycles. The summed E-state index contributed by atoms with van der Waals surface area (Å²) in [6.45, 7) is 5.96. The molecule has 106 valence electrons. The highest BCUT2D eigenvalue weighted by Crippen LogP contribution is 2.22. The molecule has 0 aliphatic heterocycles. The van der Waals surface area contributed by atoms with Gasteiger partial charge in [-0.2, -0.15) is 0 Å². The van der Waals surface area contributed by atoms with E-state index in [9.17, 15) is 9.90 Å². The normalized spacial score (nSPS) is 11.1. The van der Waals surface area contributed by atoms with E-state index in [1.165, 1.54) is 0 Å². The van der Waals surface area contributed by atoms with Gasteiger partial charge in [-0.05, 0) is 43.0 Å². The van der Waals surface area contributed by atoms with E-state index in [-0.39, 0.29) is 5.69 Å². The monoisotopic (exact) mass is 293 g/mol. The Balaban J connectivity index is 2.58. The van der Waals surface area contributed by atoms with Crippen LogP contribution in [0.1, 0.15) is 35.6 Å². The number of halogens is 1. The Morgan fingerprint density at radius 1 is 1.45 bits per heavy atom. The smallest absolute Gasteiger partial charge is 0.358 e. The summed E-state index contributed by atoms with van der Waals surface area (Å²) in [6.07, 6.45) is 0.594. The van der Waals surface area contributed by atoms with Gasteiger partial charge in [0.15, 0.2) is 5.69 Å². The van der Waals surface area contributed by atoms with Crippen LogP contribution in [0.2, 0.25) is 5.02 Å². The van der Waals surface area contributed by atoms with Gasteiger partial charge in [0.25, 0.3) is 0 Å². The van der Waals surface area contributed by atoms with Crippen LogP contribution in [0.5, 0.6) is 0 Å². The van der Waals surface area contributed by atoms with Crippen LogP contribution < -0.4 is 0 Å². The van der Waals surface area contributed by atoms with E-state index in [0.717, 1.165) is 11.3 Å². The molecule has 1 aromatic heterocycles. The van der Waals surface area contributed by atoms with Crippen LogP contribution in [0.15, 0.2) is 18.2 Å². The number of rotatable bonds is 4. The predicted octanol–water partition coefficient (Wildman–Crippen LogP) is 3.13. The number of carboxylic acid groups (broad SMARTS) is 1. The molecular formula is C14H16ClN3O2. The van der Waals surface area contributed by atoms with Gasteiger partial charge in [-0.3, -0.25) is 0 Å². The molecule has 0 unspecified atom stereocenters. The average molecular weight is 294 g/mol. The van der Waals surface area contributed by atoms with Gasteiger partial charge in [0.05, 0.1) is 11.4 Å². The number of nitrogens with zero attached hydrogens (tertiary/aromatic N) is 3. The van der Waals surface area contributed by atoms with Crippen LogP contribution in [-0.4, -0.2) is 26.1 Å². The molecule has 6 heteroatoms. The number of hydrogen-bond acceptors (Lipinski definition) is 3. The summed E-state index contributed by atoms with van der Waals surface area (Å²) in [5.74, 6) is -0.753. The Morgan fingerprint density at radius 3 is 2.70 bits per heavy atom. The molecule has 0 fully saturated rings. The lowest BCUT2D eigenvalue weighted by molar-refractivity contribution is 0.0689. The van der Waals surface area contributed by atoms with Crippen LogP contribution in [0.25, 0.3) is 5.69 Å². The minimum Gasteiger partial charge on any atom is -0.476 e. The summed E-state index contributed by atoms with van der Waals surface area (Å²) in [4.78, 5) is 11.2. The van der Waals surface area contributed by atoms with E-state index in [2.05, 4.69) is 10.3 Å². The molecule has 0 spiro atoms. The minimum atomic E-state index is -1.06. The summed E-state index contributed by atoms with van der Waals surface area (Å²) in [7, 11) is 0. The van der Waals surface area contributed by atoms with Gasteiger partial charge in [0.1, 0.15) is 0 Å². The Hall–Kier alpha value is -1.88. The second kappa shape index (κ2) is 5.63. The number of benzene rings is 1. The second-order valence-corrected chi connectivity index (χ2v) is 5.57. The van der Waals surface area contributed by atoms with E-state index in [4.69, 9.17) is 11.6 Å². The van der Waals surface area contributed by atoms with Gasteiger partial charge in [-0.1, -0.05) is 30.7 Å². The number of aryl methyl sites for hydroxylation is 1. The summed E-state index contributed by atoms with van der Waals surface area (Å²) >= 11 is 5.94. The average Bonchev–Trinajstić information content (AvgIpc) is 2.72. The van der Waals surface area contributed by atoms with Gasteiger partial charge in [-0.15, -0.1) is 5.10 Å². The van der Waals surface area contributed by atoms with Crippen molar-refractivity contribution in [2.75, 3.05) is 0 Å². The third-order valence-electron chi connectivity index (χ3n) is 2.95. The molecule has 5 nitrogen and oxygen atoms in total. The van der Waals surface area contributed by atoms with Crippen LogP contribution in [-0.2, 0) is 6.42 Å². The molecular weight excluding hydrogens is 278 g/mol. The Labute approximate surface area is 122 Å². The molecule has 0 bridgehead atoms. The molecule has 0 atom stereocenters. The van der Waals surface area contributed by atoms with Gasteiger partial charge in [0.2, 0.25) is 0 Å². The standard InChI is InChI=1S/C14H16ClN3O2/c1-8(2)6-12-13(14(19)20)16-17-18(12)11-5-4-10(15)7-9(11)3/h4-5,7-8H,6H2,1-3H3,(H,19,20). The number of aromatic nitrogens is 3. The lowest BCUT2D eigenvalue weighted by Crippen LogP contribution is -2.10. The fraction of sp³-hybridized carbons (Fsp3) is 0.357. The van der Waals surface area contributed by atoms with Crippen molar-refractivity contribution in [2.45, 2.75) is 27.2 Å². The third kappa shape index (κ3) is 2.82. The fourth-order valence-electron chi connectivity index (χ4n) is 2.09. The zero-order chi connectivity index (χ0) is 14.9. The van der Waals surface area contributed by atoms with Crippen LogP contribution in [0, 0.1) is 12.8 Å². The molecule has 2 rings (SSSR count). The Kier molecular flexibility index (Phi) is 4.09. The first-order chi connectivity index (χ1) is 9.40. The Morgan fingerprint density at radius 2 is 2.15 bits per heavy atom. The van der Waals surface area contributed by atoms with Crippen LogP contribution >= 0.6 is 11.6 Å². The first kappa shape index (κ1) is 14.5. The number of hydrogen-bond donors (Lipinski definition) is 1. The maximum absolute atomic E-state index is 11.2. The quantitative estimate of drug-likeness (QED) is 0.940. The summed E-state index contributed by atoms with van der Waals surface area (Å²) in [5.41, 5.74) is 2.33.